The van der Waals surface area contributed by atoms with E-state index in [1.807, 2.05) is 26.8 Å². The summed E-state index contributed by atoms with van der Waals surface area (Å²) in [5.41, 5.74) is 2.35. The number of nitrogens with zero attached hydrogens (tertiary/aromatic N) is 1. The summed E-state index contributed by atoms with van der Waals surface area (Å²) in [4.78, 5) is 27.5. The Morgan fingerprint density at radius 2 is 1.88 bits per heavy atom. The molecule has 0 saturated carbocycles. The highest BCUT2D eigenvalue weighted by atomic mass is 32.2. The van der Waals surface area contributed by atoms with Crippen molar-refractivity contribution in [2.24, 2.45) is 11.8 Å². The van der Waals surface area contributed by atoms with E-state index in [0.717, 1.165) is 18.4 Å². The molecule has 0 unspecified atom stereocenters. The SMILES string of the molecule is Cc1ccc(S(=O)(=O)Nc2cccc(C(=O)N3CCC[C@@H](C(=O)NCC(C)C)C3)c2)c(C)c1. The summed E-state index contributed by atoms with van der Waals surface area (Å²) in [7, 11) is -3.79. The highest BCUT2D eigenvalue weighted by Gasteiger charge is 2.29. The zero-order chi connectivity index (χ0) is 24.2. The molecule has 1 fully saturated rings. The van der Waals surface area contributed by atoms with E-state index < -0.39 is 10.0 Å². The third-order valence-corrected chi connectivity index (χ3v) is 7.29. The summed E-state index contributed by atoms with van der Waals surface area (Å²) in [5, 5.41) is 2.96. The van der Waals surface area contributed by atoms with Crippen LogP contribution in [0.1, 0.15) is 48.2 Å². The Hall–Kier alpha value is -2.87. The van der Waals surface area contributed by atoms with Crippen LogP contribution >= 0.6 is 0 Å². The number of amides is 2. The predicted octanol–water partition coefficient (Wildman–Crippen LogP) is 3.73. The van der Waals surface area contributed by atoms with E-state index in [2.05, 4.69) is 10.0 Å². The fourth-order valence-electron chi connectivity index (χ4n) is 4.03. The largest absolute Gasteiger partial charge is 0.356 e. The Morgan fingerprint density at radius 3 is 2.58 bits per heavy atom. The second-order valence-corrected chi connectivity index (χ2v) is 10.8. The summed E-state index contributed by atoms with van der Waals surface area (Å²) >= 11 is 0. The first kappa shape index (κ1) is 24.8. The highest BCUT2D eigenvalue weighted by molar-refractivity contribution is 7.92. The summed E-state index contributed by atoms with van der Waals surface area (Å²) in [6.45, 7) is 9.30. The molecule has 8 heteroatoms. The number of aryl methyl sites for hydroxylation is 2. The number of rotatable bonds is 7. The summed E-state index contributed by atoms with van der Waals surface area (Å²) in [5.74, 6) is -0.0850. The van der Waals surface area contributed by atoms with Crippen LogP contribution in [-0.4, -0.2) is 44.8 Å². The molecule has 33 heavy (non-hydrogen) atoms. The molecule has 0 bridgehead atoms. The molecule has 1 heterocycles. The molecule has 0 radical (unpaired) electrons. The van der Waals surface area contributed by atoms with E-state index in [4.69, 9.17) is 0 Å². The molecule has 7 nitrogen and oxygen atoms in total. The fourth-order valence-corrected chi connectivity index (χ4v) is 5.31. The fraction of sp³-hybridized carbons (Fsp3) is 0.440. The van der Waals surface area contributed by atoms with Crippen molar-refractivity contribution in [3.8, 4) is 0 Å². The van der Waals surface area contributed by atoms with Crippen LogP contribution in [-0.2, 0) is 14.8 Å². The second kappa shape index (κ2) is 10.4. The van der Waals surface area contributed by atoms with E-state index >= 15 is 0 Å². The van der Waals surface area contributed by atoms with Crippen molar-refractivity contribution in [3.05, 3.63) is 59.2 Å². The van der Waals surface area contributed by atoms with Gasteiger partial charge < -0.3 is 10.2 Å². The maximum atomic E-state index is 13.1. The van der Waals surface area contributed by atoms with Crippen molar-refractivity contribution in [1.29, 1.82) is 0 Å². The minimum atomic E-state index is -3.79. The van der Waals surface area contributed by atoms with Gasteiger partial charge in [0, 0.05) is 30.9 Å². The van der Waals surface area contributed by atoms with Crippen LogP contribution in [0.2, 0.25) is 0 Å². The second-order valence-electron chi connectivity index (χ2n) is 9.18. The Bertz CT molecular complexity index is 1130. The number of carbonyl (C=O) groups excluding carboxylic acids is 2. The van der Waals surface area contributed by atoms with Gasteiger partial charge in [0.25, 0.3) is 15.9 Å². The van der Waals surface area contributed by atoms with E-state index in [-0.39, 0.29) is 22.6 Å². The molecule has 2 amide bonds. The zero-order valence-corrected chi connectivity index (χ0v) is 20.5. The molecule has 1 saturated heterocycles. The average molecular weight is 472 g/mol. The van der Waals surface area contributed by atoms with Crippen LogP contribution in [0.4, 0.5) is 5.69 Å². The van der Waals surface area contributed by atoms with Crippen LogP contribution in [0.5, 0.6) is 0 Å². The first-order valence-corrected chi connectivity index (χ1v) is 12.8. The van der Waals surface area contributed by atoms with Crippen molar-refractivity contribution in [2.75, 3.05) is 24.4 Å². The van der Waals surface area contributed by atoms with Crippen LogP contribution < -0.4 is 10.0 Å². The maximum Gasteiger partial charge on any atom is 0.262 e. The molecule has 0 aromatic heterocycles. The Balaban J connectivity index is 1.72. The third kappa shape index (κ3) is 6.35. The lowest BCUT2D eigenvalue weighted by molar-refractivity contribution is -0.126. The normalized spacial score (nSPS) is 16.5. The summed E-state index contributed by atoms with van der Waals surface area (Å²) < 4.78 is 28.4. The minimum Gasteiger partial charge on any atom is -0.356 e. The zero-order valence-electron chi connectivity index (χ0n) is 19.7. The molecule has 2 N–H and O–H groups in total. The quantitative estimate of drug-likeness (QED) is 0.643. The molecule has 3 rings (SSSR count). The number of hydrogen-bond acceptors (Lipinski definition) is 4. The van der Waals surface area contributed by atoms with Gasteiger partial charge in [-0.15, -0.1) is 0 Å². The smallest absolute Gasteiger partial charge is 0.262 e. The van der Waals surface area contributed by atoms with Crippen molar-refractivity contribution < 1.29 is 18.0 Å². The number of anilines is 1. The number of hydrogen-bond donors (Lipinski definition) is 2. The molecular formula is C25H33N3O4S. The lowest BCUT2D eigenvalue weighted by Crippen LogP contribution is -2.46. The van der Waals surface area contributed by atoms with Gasteiger partial charge in [-0.25, -0.2) is 8.42 Å². The van der Waals surface area contributed by atoms with E-state index in [1.54, 1.807) is 48.2 Å². The van der Waals surface area contributed by atoms with Crippen molar-refractivity contribution >= 4 is 27.5 Å². The van der Waals surface area contributed by atoms with Gasteiger partial charge in [0.1, 0.15) is 0 Å². The van der Waals surface area contributed by atoms with E-state index in [9.17, 15) is 18.0 Å². The van der Waals surface area contributed by atoms with Crippen molar-refractivity contribution in [2.45, 2.75) is 45.4 Å². The van der Waals surface area contributed by atoms with Crippen LogP contribution in [0.3, 0.4) is 0 Å². The number of likely N-dealkylation sites (tertiary alicyclic amines) is 1. The van der Waals surface area contributed by atoms with Crippen LogP contribution in [0.15, 0.2) is 47.4 Å². The van der Waals surface area contributed by atoms with Gasteiger partial charge in [-0.2, -0.15) is 0 Å². The first-order chi connectivity index (χ1) is 15.6. The number of sulfonamides is 1. The minimum absolute atomic E-state index is 0.0174. The highest BCUT2D eigenvalue weighted by Crippen LogP contribution is 2.23. The molecular weight excluding hydrogens is 438 g/mol. The lowest BCUT2D eigenvalue weighted by atomic mass is 9.96. The molecule has 0 aliphatic carbocycles. The summed E-state index contributed by atoms with van der Waals surface area (Å²) in [6, 6.07) is 11.6. The predicted molar refractivity (Wildman–Crippen MR) is 130 cm³/mol. The van der Waals surface area contributed by atoms with Crippen molar-refractivity contribution in [3.63, 3.8) is 0 Å². The van der Waals surface area contributed by atoms with E-state index in [1.165, 1.54) is 0 Å². The van der Waals surface area contributed by atoms with Gasteiger partial charge in [-0.05, 0) is 62.4 Å². The monoisotopic (exact) mass is 471 g/mol. The van der Waals surface area contributed by atoms with Crippen LogP contribution in [0.25, 0.3) is 0 Å². The molecule has 1 atom stereocenters. The topological polar surface area (TPSA) is 95.6 Å². The Labute approximate surface area is 196 Å². The standard InChI is InChI=1S/C25H33N3O4S/c1-17(2)15-26-24(29)21-8-6-12-28(16-21)25(30)20-7-5-9-22(14-20)27-33(31,32)23-11-10-18(3)13-19(23)4/h5,7,9-11,13-14,17,21,27H,6,8,12,15-16H2,1-4H3,(H,26,29)/t21-/m1/s1. The lowest BCUT2D eigenvalue weighted by Gasteiger charge is -2.32. The van der Waals surface area contributed by atoms with Crippen LogP contribution in [0, 0.1) is 25.7 Å². The molecule has 1 aliphatic heterocycles. The molecule has 1 aliphatic rings. The van der Waals surface area contributed by atoms with Gasteiger partial charge in [-0.3, -0.25) is 14.3 Å². The number of carbonyl (C=O) groups is 2. The van der Waals surface area contributed by atoms with Gasteiger partial charge in [0.2, 0.25) is 5.91 Å². The molecule has 2 aromatic rings. The summed E-state index contributed by atoms with van der Waals surface area (Å²) in [6.07, 6.45) is 1.51. The Kier molecular flexibility index (Phi) is 7.79. The Morgan fingerprint density at radius 1 is 1.12 bits per heavy atom. The third-order valence-electron chi connectivity index (χ3n) is 5.75. The van der Waals surface area contributed by atoms with Gasteiger partial charge in [-0.1, -0.05) is 37.6 Å². The first-order valence-electron chi connectivity index (χ1n) is 11.3. The van der Waals surface area contributed by atoms with Gasteiger partial charge in [0.05, 0.1) is 10.8 Å². The maximum absolute atomic E-state index is 13.1. The van der Waals surface area contributed by atoms with E-state index in [0.29, 0.717) is 42.4 Å². The molecule has 2 aromatic carbocycles. The van der Waals surface area contributed by atoms with Gasteiger partial charge in [0.15, 0.2) is 0 Å². The molecule has 178 valence electrons. The van der Waals surface area contributed by atoms with Gasteiger partial charge >= 0.3 is 0 Å². The number of benzene rings is 2. The number of piperidine rings is 1. The molecule has 0 spiro atoms. The van der Waals surface area contributed by atoms with Crippen molar-refractivity contribution in [1.82, 2.24) is 10.2 Å². The number of nitrogens with one attached hydrogen (secondary N) is 2. The average Bonchev–Trinajstić information content (AvgIpc) is 2.76.